The van der Waals surface area contributed by atoms with Crippen molar-refractivity contribution in [2.45, 2.75) is 18.4 Å². The highest BCUT2D eigenvalue weighted by Crippen LogP contribution is 2.24. The maximum absolute atomic E-state index is 10.1. The Bertz CT molecular complexity index is 322. The highest BCUT2D eigenvalue weighted by atomic mass is 16.5. The van der Waals surface area contributed by atoms with E-state index in [-0.39, 0.29) is 0 Å². The lowest BCUT2D eigenvalue weighted by molar-refractivity contribution is 0.0271. The zero-order valence-electron chi connectivity index (χ0n) is 7.94. The van der Waals surface area contributed by atoms with Crippen LogP contribution in [-0.4, -0.2) is 28.9 Å². The highest BCUT2D eigenvalue weighted by molar-refractivity contribution is 5.39. The van der Waals surface area contributed by atoms with Gasteiger partial charge >= 0.3 is 0 Å². The van der Waals surface area contributed by atoms with Crippen molar-refractivity contribution in [3.8, 4) is 0 Å². The highest BCUT2D eigenvalue weighted by Gasteiger charge is 2.32. The fourth-order valence-electron chi connectivity index (χ4n) is 1.69. The van der Waals surface area contributed by atoms with Gasteiger partial charge in [-0.1, -0.05) is 6.07 Å². The SMILES string of the molecule is Nc1ncccc1CC1(O)CCOC1. The second kappa shape index (κ2) is 3.55. The number of nitrogens with zero attached hydrogens (tertiary/aromatic N) is 1. The van der Waals surface area contributed by atoms with E-state index in [9.17, 15) is 5.11 Å². The molecule has 1 fully saturated rings. The summed E-state index contributed by atoms with van der Waals surface area (Å²) >= 11 is 0. The molecular weight excluding hydrogens is 180 g/mol. The minimum atomic E-state index is -0.753. The molecule has 1 aliphatic rings. The number of nitrogens with two attached hydrogens (primary N) is 1. The van der Waals surface area contributed by atoms with E-state index < -0.39 is 5.60 Å². The van der Waals surface area contributed by atoms with Crippen molar-refractivity contribution < 1.29 is 9.84 Å². The first kappa shape index (κ1) is 9.43. The van der Waals surface area contributed by atoms with E-state index in [0.29, 0.717) is 31.9 Å². The van der Waals surface area contributed by atoms with Gasteiger partial charge in [0.25, 0.3) is 0 Å². The van der Waals surface area contributed by atoms with E-state index in [4.69, 9.17) is 10.5 Å². The first-order chi connectivity index (χ1) is 6.70. The molecule has 76 valence electrons. The summed E-state index contributed by atoms with van der Waals surface area (Å²) in [7, 11) is 0. The third kappa shape index (κ3) is 1.86. The Morgan fingerprint density at radius 1 is 1.64 bits per heavy atom. The van der Waals surface area contributed by atoms with Crippen LogP contribution < -0.4 is 5.73 Å². The molecule has 1 saturated heterocycles. The Morgan fingerprint density at radius 2 is 2.50 bits per heavy atom. The van der Waals surface area contributed by atoms with Crippen LogP contribution in [0.4, 0.5) is 5.82 Å². The topological polar surface area (TPSA) is 68.4 Å². The fourth-order valence-corrected chi connectivity index (χ4v) is 1.69. The Hall–Kier alpha value is -1.13. The van der Waals surface area contributed by atoms with Gasteiger partial charge in [-0.3, -0.25) is 0 Å². The van der Waals surface area contributed by atoms with Crippen LogP contribution in [0.15, 0.2) is 18.3 Å². The molecule has 0 saturated carbocycles. The van der Waals surface area contributed by atoms with Crippen LogP contribution in [-0.2, 0) is 11.2 Å². The third-order valence-electron chi connectivity index (χ3n) is 2.53. The van der Waals surface area contributed by atoms with E-state index in [1.807, 2.05) is 12.1 Å². The molecule has 1 unspecified atom stereocenters. The van der Waals surface area contributed by atoms with E-state index in [1.54, 1.807) is 6.20 Å². The quantitative estimate of drug-likeness (QED) is 0.713. The minimum Gasteiger partial charge on any atom is -0.387 e. The first-order valence-corrected chi connectivity index (χ1v) is 4.69. The van der Waals surface area contributed by atoms with Crippen LogP contribution in [0.3, 0.4) is 0 Å². The predicted octanol–water partition coefficient (Wildman–Crippen LogP) is 0.358. The lowest BCUT2D eigenvalue weighted by atomic mass is 9.94. The molecule has 14 heavy (non-hydrogen) atoms. The van der Waals surface area contributed by atoms with E-state index in [1.165, 1.54) is 0 Å². The van der Waals surface area contributed by atoms with Crippen LogP contribution in [0.25, 0.3) is 0 Å². The molecular formula is C10H14N2O2. The van der Waals surface area contributed by atoms with Crippen molar-refractivity contribution in [2.75, 3.05) is 18.9 Å². The Labute approximate surface area is 82.7 Å². The van der Waals surface area contributed by atoms with Gasteiger partial charge in [0.2, 0.25) is 0 Å². The normalized spacial score (nSPS) is 26.6. The summed E-state index contributed by atoms with van der Waals surface area (Å²) in [6.45, 7) is 1.01. The van der Waals surface area contributed by atoms with Gasteiger partial charge in [0.15, 0.2) is 0 Å². The molecule has 0 spiro atoms. The zero-order valence-corrected chi connectivity index (χ0v) is 7.94. The summed E-state index contributed by atoms with van der Waals surface area (Å²) in [6, 6.07) is 3.71. The van der Waals surface area contributed by atoms with Crippen LogP contribution in [0, 0.1) is 0 Å². The Balaban J connectivity index is 2.14. The number of rotatable bonds is 2. The smallest absolute Gasteiger partial charge is 0.126 e. The molecule has 4 heteroatoms. The van der Waals surface area contributed by atoms with Crippen molar-refractivity contribution >= 4 is 5.82 Å². The lowest BCUT2D eigenvalue weighted by Crippen LogP contribution is -2.32. The standard InChI is InChI=1S/C10H14N2O2/c11-9-8(2-1-4-12-9)6-10(13)3-5-14-7-10/h1-2,4,13H,3,5-7H2,(H2,11,12). The number of aliphatic hydroxyl groups is 1. The first-order valence-electron chi connectivity index (χ1n) is 4.69. The summed E-state index contributed by atoms with van der Waals surface area (Å²) in [5.74, 6) is 0.493. The largest absolute Gasteiger partial charge is 0.387 e. The van der Waals surface area contributed by atoms with Gasteiger partial charge in [-0.2, -0.15) is 0 Å². The number of aromatic nitrogens is 1. The van der Waals surface area contributed by atoms with Gasteiger partial charge in [-0.15, -0.1) is 0 Å². The molecule has 0 amide bonds. The number of nitrogen functional groups attached to an aromatic ring is 1. The van der Waals surface area contributed by atoms with Gasteiger partial charge in [0, 0.05) is 25.6 Å². The van der Waals surface area contributed by atoms with Crippen molar-refractivity contribution in [2.24, 2.45) is 0 Å². The molecule has 2 rings (SSSR count). The molecule has 1 aromatic rings. The minimum absolute atomic E-state index is 0.390. The molecule has 1 atom stereocenters. The molecule has 2 heterocycles. The third-order valence-corrected chi connectivity index (χ3v) is 2.53. The number of pyridine rings is 1. The monoisotopic (exact) mass is 194 g/mol. The summed E-state index contributed by atoms with van der Waals surface area (Å²) in [6.07, 6.45) is 2.84. The number of anilines is 1. The molecule has 1 aromatic heterocycles. The average Bonchev–Trinajstić information content (AvgIpc) is 2.57. The summed E-state index contributed by atoms with van der Waals surface area (Å²) in [5.41, 5.74) is 5.83. The Morgan fingerprint density at radius 3 is 3.14 bits per heavy atom. The van der Waals surface area contributed by atoms with Crippen molar-refractivity contribution in [3.05, 3.63) is 23.9 Å². The summed E-state index contributed by atoms with van der Waals surface area (Å²) in [5, 5.41) is 10.1. The summed E-state index contributed by atoms with van der Waals surface area (Å²) in [4.78, 5) is 3.98. The molecule has 3 N–H and O–H groups in total. The van der Waals surface area contributed by atoms with Gasteiger partial charge in [0.05, 0.1) is 12.2 Å². The second-order valence-electron chi connectivity index (χ2n) is 3.75. The van der Waals surface area contributed by atoms with E-state index >= 15 is 0 Å². The van der Waals surface area contributed by atoms with Crippen LogP contribution in [0.2, 0.25) is 0 Å². The molecule has 0 bridgehead atoms. The van der Waals surface area contributed by atoms with E-state index in [0.717, 1.165) is 5.56 Å². The van der Waals surface area contributed by atoms with Gasteiger partial charge < -0.3 is 15.6 Å². The van der Waals surface area contributed by atoms with Gasteiger partial charge in [-0.05, 0) is 11.6 Å². The van der Waals surface area contributed by atoms with E-state index in [2.05, 4.69) is 4.98 Å². The molecule has 0 aromatic carbocycles. The number of hydrogen-bond donors (Lipinski definition) is 2. The van der Waals surface area contributed by atoms with Crippen LogP contribution >= 0.6 is 0 Å². The molecule has 4 nitrogen and oxygen atoms in total. The molecule has 0 radical (unpaired) electrons. The number of hydrogen-bond acceptors (Lipinski definition) is 4. The van der Waals surface area contributed by atoms with Crippen molar-refractivity contribution in [1.82, 2.24) is 4.98 Å². The average molecular weight is 194 g/mol. The van der Waals surface area contributed by atoms with Gasteiger partial charge in [-0.25, -0.2) is 4.98 Å². The summed E-state index contributed by atoms with van der Waals surface area (Å²) < 4.78 is 5.16. The van der Waals surface area contributed by atoms with Crippen LogP contribution in [0.1, 0.15) is 12.0 Å². The fraction of sp³-hybridized carbons (Fsp3) is 0.500. The number of ether oxygens (including phenoxy) is 1. The predicted molar refractivity (Wildman–Crippen MR) is 52.7 cm³/mol. The van der Waals surface area contributed by atoms with Crippen molar-refractivity contribution in [3.63, 3.8) is 0 Å². The second-order valence-corrected chi connectivity index (χ2v) is 3.75. The molecule has 0 aliphatic carbocycles. The van der Waals surface area contributed by atoms with Crippen LogP contribution in [0.5, 0.6) is 0 Å². The zero-order chi connectivity index (χ0) is 10.0. The van der Waals surface area contributed by atoms with Crippen molar-refractivity contribution in [1.29, 1.82) is 0 Å². The van der Waals surface area contributed by atoms with Gasteiger partial charge in [0.1, 0.15) is 5.82 Å². The maximum Gasteiger partial charge on any atom is 0.126 e. The Kier molecular flexibility index (Phi) is 2.39. The maximum atomic E-state index is 10.1. The lowest BCUT2D eigenvalue weighted by Gasteiger charge is -2.20. The molecule has 1 aliphatic heterocycles.